The molecule has 1 heterocycles. The molecule has 0 saturated heterocycles. The number of rotatable bonds is 19. The van der Waals surface area contributed by atoms with Gasteiger partial charge < -0.3 is 29.1 Å². The van der Waals surface area contributed by atoms with Crippen molar-refractivity contribution < 1.29 is 45.0 Å². The van der Waals surface area contributed by atoms with Crippen LogP contribution in [0.25, 0.3) is 11.4 Å². The van der Waals surface area contributed by atoms with E-state index in [0.29, 0.717) is 31.9 Å². The van der Waals surface area contributed by atoms with Crippen LogP contribution in [0, 0.1) is 8.99 Å². The molecule has 0 radical (unpaired) electrons. The molecule has 352 valence electrons. The van der Waals surface area contributed by atoms with Gasteiger partial charge in [0.05, 0.1) is 44.4 Å². The number of carbonyl (C=O) groups is 1. The lowest BCUT2D eigenvalue weighted by molar-refractivity contribution is 0.0485. The van der Waals surface area contributed by atoms with Gasteiger partial charge in [-0.1, -0.05) is 77.9 Å². The zero-order valence-electron chi connectivity index (χ0n) is 38.7. The Morgan fingerprint density at radius 3 is 1.68 bits per heavy atom. The number of methoxy groups -OCH3 is 3. The number of nitrogens with two attached hydrogens (primary N) is 1. The summed E-state index contributed by atoms with van der Waals surface area (Å²) in [5, 5.41) is 11.3. The summed E-state index contributed by atoms with van der Waals surface area (Å²) in [6.07, 6.45) is -2.33. The maximum absolute atomic E-state index is 16.0. The second-order valence-electron chi connectivity index (χ2n) is 18.1. The van der Waals surface area contributed by atoms with E-state index in [1.807, 2.05) is 89.4 Å². The Hall–Kier alpha value is -4.61. The molecule has 5 rings (SSSR count). The number of sulfone groups is 1. The molecule has 16 nitrogen and oxygen atoms in total. The van der Waals surface area contributed by atoms with Crippen molar-refractivity contribution in [3.05, 3.63) is 105 Å². The van der Waals surface area contributed by atoms with Crippen molar-refractivity contribution in [1.82, 2.24) is 24.5 Å². The molecule has 2 N–H and O–H groups in total. The highest BCUT2D eigenvalue weighted by Gasteiger charge is 2.50. The summed E-state index contributed by atoms with van der Waals surface area (Å²) in [6.45, 7) is 14.6. The Morgan fingerprint density at radius 2 is 1.25 bits per heavy atom. The lowest BCUT2D eigenvalue weighted by Gasteiger charge is -2.45. The molecule has 4 aromatic carbocycles. The van der Waals surface area contributed by atoms with Gasteiger partial charge in [-0.05, 0) is 117 Å². The van der Waals surface area contributed by atoms with Crippen LogP contribution in [-0.4, -0.2) is 95.0 Å². The number of ether oxygens (including phenoxy) is 4. The molecule has 20 heteroatoms. The van der Waals surface area contributed by atoms with Gasteiger partial charge in [0.1, 0.15) is 34.0 Å². The smallest absolute Gasteiger partial charge is 0.404 e. The number of carbonyl (C=O) groups excluding carboxylic acids is 1. The predicted octanol–water partition coefficient (Wildman–Crippen LogP) is 8.08. The molecule has 0 aliphatic heterocycles. The minimum absolute atomic E-state index is 0.0886. The van der Waals surface area contributed by atoms with E-state index in [9.17, 15) is 4.79 Å². The largest absolute Gasteiger partial charge is 0.497 e. The van der Waals surface area contributed by atoms with E-state index >= 15 is 16.8 Å². The normalized spacial score (nSPS) is 13.6. The van der Waals surface area contributed by atoms with E-state index in [0.717, 1.165) is 5.56 Å². The summed E-state index contributed by atoms with van der Waals surface area (Å²) >= 11 is 1.96. The van der Waals surface area contributed by atoms with Crippen LogP contribution in [0.15, 0.2) is 94.7 Å². The quantitative estimate of drug-likeness (QED) is 0.0614. The average Bonchev–Trinajstić information content (AvgIpc) is 3.70. The Kier molecular flexibility index (Phi) is 16.2. The highest BCUT2D eigenvalue weighted by Crippen LogP contribution is 2.44. The number of sulfonamides is 1. The maximum Gasteiger partial charge on any atom is 0.404 e. The molecule has 0 spiro atoms. The number of tetrazole rings is 1. The minimum atomic E-state index is -4.89. The number of benzene rings is 4. The van der Waals surface area contributed by atoms with Gasteiger partial charge in [0.15, 0.2) is 18.2 Å². The summed E-state index contributed by atoms with van der Waals surface area (Å²) in [5.74, 6) is 1.64. The number of aromatic nitrogens is 4. The molecule has 5 aromatic rings. The Bertz CT molecular complexity index is 2600. The van der Waals surface area contributed by atoms with E-state index in [4.69, 9.17) is 29.1 Å². The van der Waals surface area contributed by atoms with Gasteiger partial charge >= 0.3 is 6.09 Å². The van der Waals surface area contributed by atoms with Crippen molar-refractivity contribution in [2.24, 2.45) is 11.1 Å². The topological polar surface area (TPSA) is 204 Å². The number of hydrogen-bond donors (Lipinski definition) is 1. The molecule has 1 aromatic heterocycles. The standard InChI is InChI=1S/C45H59IN6O10S2Si/c1-44(2,3)41(62-65(10,11)45(4,5)6)38(29-61-43(47)53)63(54,55)37-25-24-36(46)39(42-48-50-52(49-42)28-32-16-22-35(60-9)23-17-32)40(37)64(56,57)51(26-30-12-18-33(58-7)19-13-30)27-31-14-20-34(59-8)21-15-31/h12-25,38,41H,26-29H2,1-11H3,(H2,47,53). The number of amides is 1. The SMILES string of the molecule is COc1ccc(CN(Cc2ccc(OC)cc2)S(=O)(=O)c2c(S(=O)(=O)C(COC(N)=O)C(O[Si](C)(C)C(C)(C)C)C(C)(C)C)ccc(I)c2-c2nnn(Cc3ccc(OC)cc3)n2)cc1. The molecule has 1 amide bonds. The number of primary amides is 1. The second kappa shape index (κ2) is 20.5. The van der Waals surface area contributed by atoms with Gasteiger partial charge in [-0.25, -0.2) is 21.6 Å². The van der Waals surface area contributed by atoms with Crippen LogP contribution in [-0.2, 0) is 48.7 Å². The molecule has 0 aliphatic carbocycles. The van der Waals surface area contributed by atoms with E-state index in [-0.39, 0.29) is 36.1 Å². The summed E-state index contributed by atoms with van der Waals surface area (Å²) < 4.78 is 93.4. The zero-order valence-corrected chi connectivity index (χ0v) is 43.4. The van der Waals surface area contributed by atoms with E-state index in [1.165, 1.54) is 35.5 Å². The average molecular weight is 1060 g/mol. The van der Waals surface area contributed by atoms with Crippen LogP contribution < -0.4 is 19.9 Å². The highest BCUT2D eigenvalue weighted by atomic mass is 127. The van der Waals surface area contributed by atoms with Crippen molar-refractivity contribution in [1.29, 1.82) is 0 Å². The van der Waals surface area contributed by atoms with Crippen LogP contribution in [0.1, 0.15) is 58.2 Å². The molecule has 0 fully saturated rings. The van der Waals surface area contributed by atoms with Gasteiger partial charge in [0.2, 0.25) is 15.8 Å². The van der Waals surface area contributed by atoms with Crippen LogP contribution in [0.4, 0.5) is 4.79 Å². The maximum atomic E-state index is 16.0. The molecule has 0 aliphatic rings. The molecular weight excluding hydrogens is 1000 g/mol. The fourth-order valence-corrected chi connectivity index (χ4v) is 13.5. The van der Waals surface area contributed by atoms with Crippen molar-refractivity contribution in [2.75, 3.05) is 27.9 Å². The zero-order chi connectivity index (χ0) is 48.1. The van der Waals surface area contributed by atoms with E-state index in [1.54, 1.807) is 67.8 Å². The second-order valence-corrected chi connectivity index (χ2v) is 28.0. The minimum Gasteiger partial charge on any atom is -0.497 e. The number of hydrogen-bond acceptors (Lipinski definition) is 13. The molecule has 2 atom stereocenters. The van der Waals surface area contributed by atoms with Crippen LogP contribution >= 0.6 is 22.6 Å². The van der Waals surface area contributed by atoms with Crippen molar-refractivity contribution >= 4 is 56.9 Å². The third kappa shape index (κ3) is 12.2. The molecule has 65 heavy (non-hydrogen) atoms. The van der Waals surface area contributed by atoms with Crippen LogP contribution in [0.2, 0.25) is 18.1 Å². The Balaban J connectivity index is 1.82. The first kappa shape index (κ1) is 51.4. The first-order valence-electron chi connectivity index (χ1n) is 20.7. The van der Waals surface area contributed by atoms with Crippen LogP contribution in [0.3, 0.4) is 0 Å². The van der Waals surface area contributed by atoms with Gasteiger partial charge in [-0.15, -0.1) is 10.2 Å². The van der Waals surface area contributed by atoms with Crippen molar-refractivity contribution in [3.63, 3.8) is 0 Å². The summed E-state index contributed by atoms with van der Waals surface area (Å²) in [7, 11) is -7.92. The van der Waals surface area contributed by atoms with Gasteiger partial charge in [-0.2, -0.15) is 9.10 Å². The first-order chi connectivity index (χ1) is 30.3. The summed E-state index contributed by atoms with van der Waals surface area (Å²) in [6, 6.07) is 23.8. The fraction of sp³-hybridized carbons (Fsp3) is 0.422. The van der Waals surface area contributed by atoms with Gasteiger partial charge in [0, 0.05) is 16.7 Å². The van der Waals surface area contributed by atoms with Gasteiger partial charge in [-0.3, -0.25) is 0 Å². The van der Waals surface area contributed by atoms with E-state index < -0.39 is 67.4 Å². The number of nitrogens with zero attached hydrogens (tertiary/aromatic N) is 5. The van der Waals surface area contributed by atoms with E-state index in [2.05, 4.69) is 15.4 Å². The Morgan fingerprint density at radius 1 is 0.769 bits per heavy atom. The Labute approximate surface area is 397 Å². The third-order valence-corrected chi connectivity index (χ3v) is 20.9. The molecular formula is C45H59IN6O10S2Si. The lowest BCUT2D eigenvalue weighted by Crippen LogP contribution is -2.55. The van der Waals surface area contributed by atoms with Crippen molar-refractivity contribution in [3.8, 4) is 28.6 Å². The number of halogens is 1. The monoisotopic (exact) mass is 1060 g/mol. The molecule has 0 saturated carbocycles. The summed E-state index contributed by atoms with van der Waals surface area (Å²) in [5.41, 5.74) is 6.50. The fourth-order valence-electron chi connectivity index (χ4n) is 6.73. The van der Waals surface area contributed by atoms with Gasteiger partial charge in [0.25, 0.3) is 0 Å². The summed E-state index contributed by atoms with van der Waals surface area (Å²) in [4.78, 5) is 12.4. The molecule has 0 bridgehead atoms. The van der Waals surface area contributed by atoms with Crippen LogP contribution in [0.5, 0.6) is 17.2 Å². The lowest BCUT2D eigenvalue weighted by atomic mass is 9.87. The third-order valence-electron chi connectivity index (χ3n) is 11.4. The van der Waals surface area contributed by atoms with Crippen molar-refractivity contribution in [2.45, 2.75) is 100 Å². The first-order valence-corrected chi connectivity index (χ1v) is 27.6. The highest BCUT2D eigenvalue weighted by molar-refractivity contribution is 14.1. The molecule has 2 unspecified atom stereocenters. The predicted molar refractivity (Wildman–Crippen MR) is 259 cm³/mol.